The summed E-state index contributed by atoms with van der Waals surface area (Å²) in [4.78, 5) is 0. The summed E-state index contributed by atoms with van der Waals surface area (Å²) >= 11 is 0. The van der Waals surface area contributed by atoms with Gasteiger partial charge >= 0.3 is 0 Å². The molecule has 0 aromatic rings. The Labute approximate surface area is 149 Å². The van der Waals surface area contributed by atoms with Crippen LogP contribution in [0.25, 0.3) is 0 Å². The van der Waals surface area contributed by atoms with E-state index in [0.717, 1.165) is 17.8 Å². The van der Waals surface area contributed by atoms with Crippen molar-refractivity contribution >= 4 is 0 Å². The van der Waals surface area contributed by atoms with Crippen LogP contribution in [0.1, 0.15) is 96.8 Å². The van der Waals surface area contributed by atoms with Crippen LogP contribution in [0.4, 0.5) is 0 Å². The lowest BCUT2D eigenvalue weighted by Crippen LogP contribution is -2.26. The minimum Gasteiger partial charge on any atom is -0.375 e. The monoisotopic (exact) mass is 334 g/mol. The highest BCUT2D eigenvalue weighted by Crippen LogP contribution is 2.44. The molecular formula is C22H38O2. The molecule has 2 heteroatoms. The average molecular weight is 335 g/mol. The molecule has 0 heterocycles. The number of ether oxygens (including phenoxy) is 2. The van der Waals surface area contributed by atoms with Crippen molar-refractivity contribution in [2.45, 2.75) is 121 Å². The fourth-order valence-corrected chi connectivity index (χ4v) is 5.48. The second-order valence-corrected chi connectivity index (χ2v) is 9.47. The van der Waals surface area contributed by atoms with E-state index in [4.69, 9.17) is 9.47 Å². The highest BCUT2D eigenvalue weighted by Gasteiger charge is 2.42. The first-order chi connectivity index (χ1) is 11.8. The first-order valence-electron chi connectivity index (χ1n) is 11.1. The zero-order chi connectivity index (χ0) is 16.4. The van der Waals surface area contributed by atoms with Gasteiger partial charge in [0.15, 0.2) is 0 Å². The summed E-state index contributed by atoms with van der Waals surface area (Å²) in [6.07, 6.45) is 21.4. The van der Waals surface area contributed by atoms with Gasteiger partial charge in [0.05, 0.1) is 24.4 Å². The maximum atomic E-state index is 6.39. The van der Waals surface area contributed by atoms with E-state index in [9.17, 15) is 0 Å². The summed E-state index contributed by atoms with van der Waals surface area (Å²) in [6, 6.07) is 0. The minimum absolute atomic E-state index is 0.583. The lowest BCUT2D eigenvalue weighted by atomic mass is 9.84. The summed E-state index contributed by atoms with van der Waals surface area (Å²) in [5.41, 5.74) is 0. The molecule has 0 amide bonds. The van der Waals surface area contributed by atoms with Crippen molar-refractivity contribution in [2.75, 3.05) is 0 Å². The SMILES string of the molecule is CC1CCC(OC2CC2CC2CCC(OC3CCCC3)CC2)CC1. The van der Waals surface area contributed by atoms with Crippen molar-refractivity contribution in [3.63, 3.8) is 0 Å². The van der Waals surface area contributed by atoms with Crippen molar-refractivity contribution < 1.29 is 9.47 Å². The highest BCUT2D eigenvalue weighted by atomic mass is 16.5. The number of hydrogen-bond donors (Lipinski definition) is 0. The summed E-state index contributed by atoms with van der Waals surface area (Å²) in [5, 5.41) is 0. The second-order valence-electron chi connectivity index (χ2n) is 9.47. The van der Waals surface area contributed by atoms with Crippen molar-refractivity contribution in [2.24, 2.45) is 17.8 Å². The molecule has 0 spiro atoms. The van der Waals surface area contributed by atoms with Crippen molar-refractivity contribution in [1.29, 1.82) is 0 Å². The third kappa shape index (κ3) is 4.75. The van der Waals surface area contributed by atoms with E-state index in [-0.39, 0.29) is 0 Å². The molecule has 0 aliphatic heterocycles. The molecule has 4 rings (SSSR count). The van der Waals surface area contributed by atoms with Crippen LogP contribution in [0.2, 0.25) is 0 Å². The number of rotatable bonds is 6. The summed E-state index contributed by atoms with van der Waals surface area (Å²) in [7, 11) is 0. The Morgan fingerprint density at radius 2 is 1.25 bits per heavy atom. The molecule has 0 bridgehead atoms. The van der Waals surface area contributed by atoms with Crippen molar-refractivity contribution in [3.8, 4) is 0 Å². The van der Waals surface area contributed by atoms with Gasteiger partial charge in [-0.3, -0.25) is 0 Å². The van der Waals surface area contributed by atoms with Crippen LogP contribution in [0.3, 0.4) is 0 Å². The third-order valence-corrected chi connectivity index (χ3v) is 7.30. The molecule has 0 N–H and O–H groups in total. The lowest BCUT2D eigenvalue weighted by molar-refractivity contribution is -0.0348. The Morgan fingerprint density at radius 3 is 1.96 bits per heavy atom. The van der Waals surface area contributed by atoms with Crippen LogP contribution < -0.4 is 0 Å². The van der Waals surface area contributed by atoms with Gasteiger partial charge in [0.1, 0.15) is 0 Å². The van der Waals surface area contributed by atoms with Crippen molar-refractivity contribution in [3.05, 3.63) is 0 Å². The molecule has 4 aliphatic carbocycles. The molecule has 0 radical (unpaired) electrons. The van der Waals surface area contributed by atoms with Crippen LogP contribution in [0.15, 0.2) is 0 Å². The molecule has 4 fully saturated rings. The minimum atomic E-state index is 0.583. The Hall–Kier alpha value is -0.0800. The van der Waals surface area contributed by atoms with Crippen LogP contribution in [-0.2, 0) is 9.47 Å². The van der Waals surface area contributed by atoms with Gasteiger partial charge in [0, 0.05) is 0 Å². The normalized spacial score (nSPS) is 43.9. The van der Waals surface area contributed by atoms with Crippen LogP contribution in [-0.4, -0.2) is 24.4 Å². The van der Waals surface area contributed by atoms with E-state index < -0.39 is 0 Å². The van der Waals surface area contributed by atoms with Crippen molar-refractivity contribution in [1.82, 2.24) is 0 Å². The average Bonchev–Trinajstić information content (AvgIpc) is 3.09. The fourth-order valence-electron chi connectivity index (χ4n) is 5.48. The maximum absolute atomic E-state index is 6.39. The van der Waals surface area contributed by atoms with Gasteiger partial charge in [-0.15, -0.1) is 0 Å². The fraction of sp³-hybridized carbons (Fsp3) is 1.00. The zero-order valence-corrected chi connectivity index (χ0v) is 15.8. The van der Waals surface area contributed by atoms with Gasteiger partial charge in [-0.2, -0.15) is 0 Å². The first kappa shape index (κ1) is 17.3. The molecule has 4 saturated carbocycles. The standard InChI is InChI=1S/C22H38O2/c1-16-6-10-21(11-7-16)24-22-15-18(22)14-17-8-12-20(13-9-17)23-19-4-2-3-5-19/h16-22H,2-15H2,1H3. The largest absolute Gasteiger partial charge is 0.375 e. The third-order valence-electron chi connectivity index (χ3n) is 7.30. The van der Waals surface area contributed by atoms with E-state index >= 15 is 0 Å². The van der Waals surface area contributed by atoms with Crippen LogP contribution >= 0.6 is 0 Å². The summed E-state index contributed by atoms with van der Waals surface area (Å²) in [6.45, 7) is 2.39. The molecule has 2 nitrogen and oxygen atoms in total. The summed E-state index contributed by atoms with van der Waals surface area (Å²) < 4.78 is 12.7. The van der Waals surface area contributed by atoms with E-state index in [2.05, 4.69) is 6.92 Å². The van der Waals surface area contributed by atoms with Crippen LogP contribution in [0, 0.1) is 17.8 Å². The van der Waals surface area contributed by atoms with E-state index in [1.54, 1.807) is 0 Å². The van der Waals surface area contributed by atoms with E-state index in [0.29, 0.717) is 24.4 Å². The van der Waals surface area contributed by atoms with Gasteiger partial charge in [0.2, 0.25) is 0 Å². The predicted octanol–water partition coefficient (Wildman–Crippen LogP) is 5.88. The Bertz CT molecular complexity index is 373. The Morgan fingerprint density at radius 1 is 0.667 bits per heavy atom. The van der Waals surface area contributed by atoms with Gasteiger partial charge in [-0.05, 0) is 94.8 Å². The van der Waals surface area contributed by atoms with Crippen LogP contribution in [0.5, 0.6) is 0 Å². The molecule has 4 aliphatic rings. The van der Waals surface area contributed by atoms with Gasteiger partial charge in [0.25, 0.3) is 0 Å². The van der Waals surface area contributed by atoms with Gasteiger partial charge in [-0.25, -0.2) is 0 Å². The molecular weight excluding hydrogens is 296 g/mol. The van der Waals surface area contributed by atoms with Gasteiger partial charge < -0.3 is 9.47 Å². The number of hydrogen-bond acceptors (Lipinski definition) is 2. The molecule has 24 heavy (non-hydrogen) atoms. The molecule has 2 atom stereocenters. The topological polar surface area (TPSA) is 18.5 Å². The Kier molecular flexibility index (Phi) is 5.84. The molecule has 0 saturated heterocycles. The lowest BCUT2D eigenvalue weighted by Gasteiger charge is -2.31. The van der Waals surface area contributed by atoms with E-state index in [1.807, 2.05) is 0 Å². The maximum Gasteiger partial charge on any atom is 0.0611 e. The molecule has 2 unspecified atom stereocenters. The quantitative estimate of drug-likeness (QED) is 0.604. The Balaban J connectivity index is 1.10. The molecule has 0 aromatic heterocycles. The first-order valence-corrected chi connectivity index (χ1v) is 11.1. The predicted molar refractivity (Wildman–Crippen MR) is 98.1 cm³/mol. The highest BCUT2D eigenvalue weighted by molar-refractivity contribution is 4.91. The molecule has 138 valence electrons. The molecule has 0 aromatic carbocycles. The summed E-state index contributed by atoms with van der Waals surface area (Å²) in [5.74, 6) is 2.78. The smallest absolute Gasteiger partial charge is 0.0611 e. The van der Waals surface area contributed by atoms with E-state index in [1.165, 1.54) is 89.9 Å². The zero-order valence-electron chi connectivity index (χ0n) is 15.8. The van der Waals surface area contributed by atoms with Gasteiger partial charge in [-0.1, -0.05) is 19.8 Å². The second kappa shape index (κ2) is 8.08.